The van der Waals surface area contributed by atoms with E-state index in [9.17, 15) is 4.79 Å². The molecule has 0 aliphatic carbocycles. The number of H-pyrrole nitrogens is 1. The molecule has 1 atom stereocenters. The van der Waals surface area contributed by atoms with E-state index in [0.29, 0.717) is 12.2 Å². The molecule has 0 bridgehead atoms. The summed E-state index contributed by atoms with van der Waals surface area (Å²) in [5.74, 6) is 0.566. The quantitative estimate of drug-likeness (QED) is 0.422. The number of ether oxygens (including phenoxy) is 1. The number of aromatic nitrogens is 1. The lowest BCUT2D eigenvalue weighted by atomic mass is 10.0. The maximum absolute atomic E-state index is 12.5. The van der Waals surface area contributed by atoms with Crippen molar-refractivity contribution >= 4 is 16.9 Å². The van der Waals surface area contributed by atoms with Crippen molar-refractivity contribution in [2.75, 3.05) is 6.54 Å². The lowest BCUT2D eigenvalue weighted by molar-refractivity contribution is -0.118. The van der Waals surface area contributed by atoms with Gasteiger partial charge >= 0.3 is 5.97 Å². The second-order valence-corrected chi connectivity index (χ2v) is 8.15. The number of nitrogens with one attached hydrogen (secondary N) is 1. The van der Waals surface area contributed by atoms with Crippen molar-refractivity contribution in [1.29, 1.82) is 0 Å². The molecule has 0 spiro atoms. The molecular weight excluding hydrogens is 400 g/mol. The normalized spacial score (nSPS) is 16.3. The van der Waals surface area contributed by atoms with E-state index in [1.165, 1.54) is 5.56 Å². The molecule has 0 saturated carbocycles. The molecule has 5 nitrogen and oxygen atoms in total. The largest absolute Gasteiger partial charge is 0.488 e. The highest BCUT2D eigenvalue weighted by Crippen LogP contribution is 2.32. The van der Waals surface area contributed by atoms with Crippen LogP contribution in [0.1, 0.15) is 34.3 Å². The highest BCUT2D eigenvalue weighted by Gasteiger charge is 2.29. The van der Waals surface area contributed by atoms with Gasteiger partial charge in [-0.25, -0.2) is 4.79 Å². The minimum Gasteiger partial charge on any atom is -0.488 e. The zero-order chi connectivity index (χ0) is 21.8. The number of nitrogens with zero attached hydrogens (tertiary/aromatic N) is 1. The van der Waals surface area contributed by atoms with Crippen LogP contribution >= 0.6 is 0 Å². The first kappa shape index (κ1) is 20.3. The zero-order valence-corrected chi connectivity index (χ0v) is 17.9. The average molecular weight is 427 g/mol. The molecule has 0 amide bonds. The van der Waals surface area contributed by atoms with Crippen LogP contribution in [-0.2, 0) is 17.9 Å². The van der Waals surface area contributed by atoms with E-state index >= 15 is 0 Å². The van der Waals surface area contributed by atoms with Crippen molar-refractivity contribution in [1.82, 2.24) is 10.0 Å². The molecule has 162 valence electrons. The van der Waals surface area contributed by atoms with Crippen molar-refractivity contribution in [3.8, 4) is 5.75 Å². The first-order valence-corrected chi connectivity index (χ1v) is 11.1. The number of rotatable bonds is 7. The van der Waals surface area contributed by atoms with Crippen molar-refractivity contribution < 1.29 is 14.4 Å². The van der Waals surface area contributed by atoms with Crippen LogP contribution < -0.4 is 4.74 Å². The summed E-state index contributed by atoms with van der Waals surface area (Å²) in [7, 11) is 0. The van der Waals surface area contributed by atoms with E-state index < -0.39 is 0 Å². The first-order valence-electron chi connectivity index (χ1n) is 11.1. The molecule has 1 aromatic heterocycles. The van der Waals surface area contributed by atoms with Gasteiger partial charge in [-0.05, 0) is 54.7 Å². The van der Waals surface area contributed by atoms with Gasteiger partial charge in [0.05, 0.1) is 11.6 Å². The SMILES string of the molecule is O=C(ON1CCC[C@@H]1Cc1c[nH]c2cccc(OCc3ccccc3)c12)c1ccccc1. The molecule has 1 aliphatic heterocycles. The molecular formula is C27H26N2O3. The Morgan fingerprint density at radius 2 is 1.75 bits per heavy atom. The van der Waals surface area contributed by atoms with Crippen molar-refractivity contribution in [3.05, 3.63) is 102 Å². The van der Waals surface area contributed by atoms with Crippen LogP contribution in [0.5, 0.6) is 5.75 Å². The van der Waals surface area contributed by atoms with Gasteiger partial charge in [-0.2, -0.15) is 0 Å². The summed E-state index contributed by atoms with van der Waals surface area (Å²) in [4.78, 5) is 21.7. The smallest absolute Gasteiger partial charge is 0.357 e. The fourth-order valence-electron chi connectivity index (χ4n) is 4.36. The van der Waals surface area contributed by atoms with E-state index in [1.807, 2.05) is 53.6 Å². The Hall–Kier alpha value is -3.57. The molecule has 2 heterocycles. The van der Waals surface area contributed by atoms with Gasteiger partial charge in [-0.15, -0.1) is 5.06 Å². The minimum atomic E-state index is -0.302. The summed E-state index contributed by atoms with van der Waals surface area (Å²) < 4.78 is 6.20. The molecule has 32 heavy (non-hydrogen) atoms. The standard InChI is InChI=1S/C27H26N2O3/c30-27(21-11-5-2-6-12-21)32-29-16-8-13-23(29)17-22-18-28-24-14-7-15-25(26(22)24)31-19-20-9-3-1-4-10-20/h1-7,9-12,14-15,18,23,28H,8,13,16-17,19H2/t23-/m1/s1. The lowest BCUT2D eigenvalue weighted by Crippen LogP contribution is -2.33. The summed E-state index contributed by atoms with van der Waals surface area (Å²) >= 11 is 0. The zero-order valence-electron chi connectivity index (χ0n) is 17.9. The lowest BCUT2D eigenvalue weighted by Gasteiger charge is -2.23. The summed E-state index contributed by atoms with van der Waals surface area (Å²) in [6.07, 6.45) is 4.83. The fourth-order valence-corrected chi connectivity index (χ4v) is 4.36. The third-order valence-electron chi connectivity index (χ3n) is 5.97. The number of benzene rings is 3. The third kappa shape index (κ3) is 4.39. The predicted octanol–water partition coefficient (Wildman–Crippen LogP) is 5.53. The van der Waals surface area contributed by atoms with Crippen molar-refractivity contribution in [2.45, 2.75) is 31.9 Å². The molecule has 5 heteroatoms. The predicted molar refractivity (Wildman–Crippen MR) is 124 cm³/mol. The van der Waals surface area contributed by atoms with Crippen LogP contribution in [-0.4, -0.2) is 28.6 Å². The van der Waals surface area contributed by atoms with E-state index in [-0.39, 0.29) is 12.0 Å². The summed E-state index contributed by atoms with van der Waals surface area (Å²) in [6.45, 7) is 1.28. The number of fused-ring (bicyclic) bond motifs is 1. The molecule has 1 N–H and O–H groups in total. The van der Waals surface area contributed by atoms with E-state index in [0.717, 1.165) is 48.0 Å². The Morgan fingerprint density at radius 3 is 2.56 bits per heavy atom. The Morgan fingerprint density at radius 1 is 0.969 bits per heavy atom. The fraction of sp³-hybridized carbons (Fsp3) is 0.222. The Labute approximate surface area is 187 Å². The number of aromatic amines is 1. The Balaban J connectivity index is 1.32. The molecule has 1 saturated heterocycles. The number of hydrogen-bond acceptors (Lipinski definition) is 4. The summed E-state index contributed by atoms with van der Waals surface area (Å²) in [5, 5.41) is 2.95. The highest BCUT2D eigenvalue weighted by molar-refractivity contribution is 5.90. The third-order valence-corrected chi connectivity index (χ3v) is 5.97. The average Bonchev–Trinajstić information content (AvgIpc) is 3.46. The molecule has 0 radical (unpaired) electrons. The minimum absolute atomic E-state index is 0.142. The Kier molecular flexibility index (Phi) is 5.90. The maximum atomic E-state index is 12.5. The number of hydroxylamine groups is 2. The molecule has 1 aliphatic rings. The number of carbonyl (C=O) groups is 1. The summed E-state index contributed by atoms with van der Waals surface area (Å²) in [6, 6.07) is 25.6. The second-order valence-electron chi connectivity index (χ2n) is 8.15. The number of carbonyl (C=O) groups excluding carboxylic acids is 1. The second kappa shape index (κ2) is 9.28. The van der Waals surface area contributed by atoms with Gasteiger partial charge in [0.1, 0.15) is 12.4 Å². The summed E-state index contributed by atoms with van der Waals surface area (Å²) in [5.41, 5.74) is 3.94. The maximum Gasteiger partial charge on any atom is 0.357 e. The van der Waals surface area contributed by atoms with Gasteiger partial charge in [0, 0.05) is 23.6 Å². The van der Waals surface area contributed by atoms with E-state index in [2.05, 4.69) is 29.4 Å². The van der Waals surface area contributed by atoms with Crippen molar-refractivity contribution in [2.24, 2.45) is 0 Å². The topological polar surface area (TPSA) is 54.6 Å². The first-order chi connectivity index (χ1) is 15.8. The molecule has 4 aromatic rings. The molecule has 0 unspecified atom stereocenters. The van der Waals surface area contributed by atoms with Crippen LogP contribution in [0.4, 0.5) is 0 Å². The van der Waals surface area contributed by atoms with Gasteiger partial charge in [-0.1, -0.05) is 54.6 Å². The van der Waals surface area contributed by atoms with E-state index in [4.69, 9.17) is 9.57 Å². The van der Waals surface area contributed by atoms with Gasteiger partial charge in [0.15, 0.2) is 0 Å². The molecule has 5 rings (SSSR count). The van der Waals surface area contributed by atoms with Crippen LogP contribution in [0.25, 0.3) is 10.9 Å². The molecule has 1 fully saturated rings. The van der Waals surface area contributed by atoms with Gasteiger partial charge < -0.3 is 14.6 Å². The molecule has 3 aromatic carbocycles. The number of hydrogen-bond donors (Lipinski definition) is 1. The van der Waals surface area contributed by atoms with Gasteiger partial charge in [-0.3, -0.25) is 0 Å². The van der Waals surface area contributed by atoms with Gasteiger partial charge in [0.2, 0.25) is 0 Å². The van der Waals surface area contributed by atoms with E-state index in [1.54, 1.807) is 12.1 Å². The van der Waals surface area contributed by atoms with Crippen LogP contribution in [0.15, 0.2) is 85.1 Å². The van der Waals surface area contributed by atoms with Crippen LogP contribution in [0.3, 0.4) is 0 Å². The van der Waals surface area contributed by atoms with Crippen molar-refractivity contribution in [3.63, 3.8) is 0 Å². The van der Waals surface area contributed by atoms with Crippen LogP contribution in [0.2, 0.25) is 0 Å². The monoisotopic (exact) mass is 426 g/mol. The van der Waals surface area contributed by atoms with Crippen LogP contribution in [0, 0.1) is 0 Å². The highest BCUT2D eigenvalue weighted by atomic mass is 16.7. The van der Waals surface area contributed by atoms with Gasteiger partial charge in [0.25, 0.3) is 0 Å². The Bertz CT molecular complexity index is 1190.